The fourth-order valence-corrected chi connectivity index (χ4v) is 3.35. The normalized spacial score (nSPS) is 11.4. The van der Waals surface area contributed by atoms with Crippen molar-refractivity contribution in [3.63, 3.8) is 0 Å². The van der Waals surface area contributed by atoms with E-state index in [-0.39, 0.29) is 11.4 Å². The summed E-state index contributed by atoms with van der Waals surface area (Å²) in [6, 6.07) is 10.1. The zero-order chi connectivity index (χ0) is 18.4. The van der Waals surface area contributed by atoms with Crippen LogP contribution in [0.3, 0.4) is 0 Å². The van der Waals surface area contributed by atoms with Crippen LogP contribution in [0.15, 0.2) is 48.1 Å². The number of amides is 1. The second-order valence-corrected chi connectivity index (χ2v) is 7.80. The van der Waals surface area contributed by atoms with Crippen LogP contribution in [0.25, 0.3) is 0 Å². The molecular weight excluding hydrogens is 332 g/mol. The lowest BCUT2D eigenvalue weighted by atomic mass is 10.0. The zero-order valence-electron chi connectivity index (χ0n) is 15.4. The fraction of sp³-hybridized carbons (Fsp3) is 0.421. The number of hydrogen-bond acceptors (Lipinski definition) is 4. The summed E-state index contributed by atoms with van der Waals surface area (Å²) in [6.45, 7) is 13.1. The first-order chi connectivity index (χ1) is 11.8. The monoisotopic (exact) mass is 358 g/mol. The molecule has 2 aromatic rings. The van der Waals surface area contributed by atoms with E-state index in [2.05, 4.69) is 37.5 Å². The number of carbonyl (C=O) groups excluding carboxylic acids is 1. The van der Waals surface area contributed by atoms with Gasteiger partial charge >= 0.3 is 0 Å². The van der Waals surface area contributed by atoms with E-state index in [1.54, 1.807) is 6.08 Å². The molecule has 0 fully saturated rings. The standard InChI is InChI=1S/C19H26N4OS/c1-6-12-22-15(2)20-21-18(22)25-14-17(24)23(19(3,4)5)13-16-10-8-7-9-11-16/h6-11H,1,12-14H2,2-5H3. The molecule has 0 radical (unpaired) electrons. The number of benzene rings is 1. The summed E-state index contributed by atoms with van der Waals surface area (Å²) in [5, 5.41) is 9.01. The number of aromatic nitrogens is 3. The molecule has 25 heavy (non-hydrogen) atoms. The summed E-state index contributed by atoms with van der Waals surface area (Å²) < 4.78 is 1.96. The van der Waals surface area contributed by atoms with Gasteiger partial charge in [0.15, 0.2) is 5.16 Å². The molecule has 0 saturated carbocycles. The van der Waals surface area contributed by atoms with Crippen molar-refractivity contribution in [2.24, 2.45) is 0 Å². The number of carbonyl (C=O) groups is 1. The van der Waals surface area contributed by atoms with E-state index in [0.717, 1.165) is 16.5 Å². The van der Waals surface area contributed by atoms with Crippen LogP contribution in [0.4, 0.5) is 0 Å². The Labute approximate surface area is 154 Å². The Morgan fingerprint density at radius 2 is 1.96 bits per heavy atom. The van der Waals surface area contributed by atoms with Gasteiger partial charge in [-0.3, -0.25) is 4.79 Å². The van der Waals surface area contributed by atoms with Gasteiger partial charge < -0.3 is 9.47 Å². The van der Waals surface area contributed by atoms with Gasteiger partial charge in [0.1, 0.15) is 5.82 Å². The van der Waals surface area contributed by atoms with E-state index >= 15 is 0 Å². The third-order valence-electron chi connectivity index (χ3n) is 3.83. The number of allylic oxidation sites excluding steroid dienone is 1. The molecule has 6 heteroatoms. The highest BCUT2D eigenvalue weighted by atomic mass is 32.2. The first-order valence-corrected chi connectivity index (χ1v) is 9.29. The minimum atomic E-state index is -0.252. The van der Waals surface area contributed by atoms with Gasteiger partial charge in [-0.1, -0.05) is 48.2 Å². The molecule has 0 spiro atoms. The molecule has 0 aliphatic carbocycles. The van der Waals surface area contributed by atoms with Gasteiger partial charge in [0.05, 0.1) is 5.75 Å². The van der Waals surface area contributed by atoms with Gasteiger partial charge in [-0.2, -0.15) is 0 Å². The molecule has 0 N–H and O–H groups in total. The minimum absolute atomic E-state index is 0.0900. The Bertz CT molecular complexity index is 719. The van der Waals surface area contributed by atoms with Crippen LogP contribution in [0, 0.1) is 6.92 Å². The minimum Gasteiger partial charge on any atom is -0.333 e. The Balaban J connectivity index is 2.09. The SMILES string of the molecule is C=CCn1c(C)nnc1SCC(=O)N(Cc1ccccc1)C(C)(C)C. The lowest BCUT2D eigenvalue weighted by Crippen LogP contribution is -2.45. The number of thioether (sulfide) groups is 1. The highest BCUT2D eigenvalue weighted by molar-refractivity contribution is 7.99. The average Bonchev–Trinajstić information content (AvgIpc) is 2.91. The summed E-state index contributed by atoms with van der Waals surface area (Å²) in [7, 11) is 0. The van der Waals surface area contributed by atoms with Crippen LogP contribution in [0.2, 0.25) is 0 Å². The Morgan fingerprint density at radius 1 is 1.28 bits per heavy atom. The van der Waals surface area contributed by atoms with E-state index < -0.39 is 0 Å². The highest BCUT2D eigenvalue weighted by Crippen LogP contribution is 2.22. The summed E-state index contributed by atoms with van der Waals surface area (Å²) in [5.74, 6) is 1.25. The van der Waals surface area contributed by atoms with Crippen LogP contribution in [-0.2, 0) is 17.9 Å². The molecule has 0 atom stereocenters. The third-order valence-corrected chi connectivity index (χ3v) is 4.78. The molecule has 1 aromatic carbocycles. The van der Waals surface area contributed by atoms with Gasteiger partial charge in [-0.05, 0) is 33.3 Å². The van der Waals surface area contributed by atoms with E-state index in [0.29, 0.717) is 18.8 Å². The largest absolute Gasteiger partial charge is 0.333 e. The Hall–Kier alpha value is -2.08. The molecule has 0 saturated heterocycles. The molecule has 0 aliphatic rings. The second kappa shape index (κ2) is 8.34. The number of nitrogens with zero attached hydrogens (tertiary/aromatic N) is 4. The second-order valence-electron chi connectivity index (χ2n) is 6.85. The lowest BCUT2D eigenvalue weighted by molar-refractivity contribution is -0.133. The van der Waals surface area contributed by atoms with E-state index in [4.69, 9.17) is 0 Å². The van der Waals surface area contributed by atoms with E-state index in [9.17, 15) is 4.79 Å². The lowest BCUT2D eigenvalue weighted by Gasteiger charge is -2.36. The van der Waals surface area contributed by atoms with Crippen molar-refractivity contribution in [2.75, 3.05) is 5.75 Å². The predicted molar refractivity (Wildman–Crippen MR) is 102 cm³/mol. The molecule has 5 nitrogen and oxygen atoms in total. The molecule has 1 heterocycles. The molecule has 0 unspecified atom stereocenters. The maximum absolute atomic E-state index is 12.9. The molecule has 0 bridgehead atoms. The molecule has 134 valence electrons. The van der Waals surface area contributed by atoms with Crippen LogP contribution >= 0.6 is 11.8 Å². The quantitative estimate of drug-likeness (QED) is 0.559. The highest BCUT2D eigenvalue weighted by Gasteiger charge is 2.27. The molecule has 2 rings (SSSR count). The van der Waals surface area contributed by atoms with Crippen molar-refractivity contribution in [3.8, 4) is 0 Å². The van der Waals surface area contributed by atoms with Crippen molar-refractivity contribution < 1.29 is 4.79 Å². The van der Waals surface area contributed by atoms with Gasteiger partial charge in [-0.25, -0.2) is 0 Å². The van der Waals surface area contributed by atoms with Crippen LogP contribution in [0.5, 0.6) is 0 Å². The van der Waals surface area contributed by atoms with E-state index in [1.165, 1.54) is 11.8 Å². The predicted octanol–water partition coefficient (Wildman–Crippen LogP) is 3.69. The summed E-state index contributed by atoms with van der Waals surface area (Å²) in [4.78, 5) is 14.8. The van der Waals surface area contributed by atoms with Gasteiger partial charge in [0.25, 0.3) is 0 Å². The summed E-state index contributed by atoms with van der Waals surface area (Å²) in [5.41, 5.74) is 0.875. The fourth-order valence-electron chi connectivity index (χ4n) is 2.48. The van der Waals surface area contributed by atoms with Crippen LogP contribution < -0.4 is 0 Å². The first-order valence-electron chi connectivity index (χ1n) is 8.31. The molecule has 0 aliphatic heterocycles. The maximum Gasteiger partial charge on any atom is 0.233 e. The maximum atomic E-state index is 12.9. The summed E-state index contributed by atoms with van der Waals surface area (Å²) in [6.07, 6.45) is 1.80. The average molecular weight is 359 g/mol. The smallest absolute Gasteiger partial charge is 0.233 e. The van der Waals surface area contributed by atoms with Crippen molar-refractivity contribution >= 4 is 17.7 Å². The number of aryl methyl sites for hydroxylation is 1. The van der Waals surface area contributed by atoms with Crippen LogP contribution in [-0.4, -0.2) is 36.9 Å². The van der Waals surface area contributed by atoms with E-state index in [1.807, 2.05) is 46.7 Å². The molecular formula is C19H26N4OS. The molecule has 1 aromatic heterocycles. The van der Waals surface area contributed by atoms with Crippen molar-refractivity contribution in [1.29, 1.82) is 0 Å². The number of rotatable bonds is 7. The Kier molecular flexibility index (Phi) is 6.42. The van der Waals surface area contributed by atoms with Gasteiger partial charge in [0, 0.05) is 18.6 Å². The van der Waals surface area contributed by atoms with Gasteiger partial charge in [0.2, 0.25) is 5.91 Å². The zero-order valence-corrected chi connectivity index (χ0v) is 16.2. The number of hydrogen-bond donors (Lipinski definition) is 0. The first kappa shape index (κ1) is 19.2. The molecule has 1 amide bonds. The van der Waals surface area contributed by atoms with Gasteiger partial charge in [-0.15, -0.1) is 16.8 Å². The third kappa shape index (κ3) is 5.19. The topological polar surface area (TPSA) is 51.0 Å². The summed E-state index contributed by atoms with van der Waals surface area (Å²) >= 11 is 1.42. The van der Waals surface area contributed by atoms with Crippen LogP contribution in [0.1, 0.15) is 32.2 Å². The van der Waals surface area contributed by atoms with Crippen molar-refractivity contribution in [1.82, 2.24) is 19.7 Å². The van der Waals surface area contributed by atoms with Crippen molar-refractivity contribution in [2.45, 2.75) is 51.5 Å². The van der Waals surface area contributed by atoms with Crippen molar-refractivity contribution in [3.05, 3.63) is 54.4 Å². The Morgan fingerprint density at radius 3 is 2.56 bits per heavy atom.